The minimum Gasteiger partial charge on any atom is -0.351 e. The average Bonchev–Trinajstić information content (AvgIpc) is 2.77. The summed E-state index contributed by atoms with van der Waals surface area (Å²) < 4.78 is 0. The lowest BCUT2D eigenvalue weighted by Gasteiger charge is -2.45. The van der Waals surface area contributed by atoms with E-state index in [1.807, 2.05) is 0 Å². The van der Waals surface area contributed by atoms with Crippen LogP contribution in [0.5, 0.6) is 0 Å². The SMILES string of the molecule is Cl.NC1CC2CCCC(C1)C2NC(=O)[C@@H]1CCC(=O)N1. The maximum Gasteiger partial charge on any atom is 0.242 e. The summed E-state index contributed by atoms with van der Waals surface area (Å²) in [4.78, 5) is 23.4. The Morgan fingerprint density at radius 2 is 1.85 bits per heavy atom. The van der Waals surface area contributed by atoms with Crippen molar-refractivity contribution >= 4 is 24.2 Å². The molecule has 3 fully saturated rings. The molecule has 2 saturated carbocycles. The Hall–Kier alpha value is -0.810. The highest BCUT2D eigenvalue weighted by Crippen LogP contribution is 2.39. The number of carbonyl (C=O) groups excluding carboxylic acids is 2. The van der Waals surface area contributed by atoms with Crippen molar-refractivity contribution in [2.45, 2.75) is 63.1 Å². The van der Waals surface area contributed by atoms with Crippen LogP contribution < -0.4 is 16.4 Å². The van der Waals surface area contributed by atoms with Crippen molar-refractivity contribution < 1.29 is 9.59 Å². The van der Waals surface area contributed by atoms with Gasteiger partial charge in [-0.15, -0.1) is 12.4 Å². The maximum absolute atomic E-state index is 12.2. The van der Waals surface area contributed by atoms with Gasteiger partial charge in [0.15, 0.2) is 0 Å². The summed E-state index contributed by atoms with van der Waals surface area (Å²) in [6.45, 7) is 0. The first-order chi connectivity index (χ1) is 9.13. The van der Waals surface area contributed by atoms with Crippen molar-refractivity contribution in [2.75, 3.05) is 0 Å². The Morgan fingerprint density at radius 3 is 2.40 bits per heavy atom. The van der Waals surface area contributed by atoms with E-state index in [4.69, 9.17) is 5.73 Å². The molecule has 6 heteroatoms. The summed E-state index contributed by atoms with van der Waals surface area (Å²) in [5.74, 6) is 1.06. The van der Waals surface area contributed by atoms with E-state index in [9.17, 15) is 9.59 Å². The van der Waals surface area contributed by atoms with Crippen LogP contribution >= 0.6 is 12.4 Å². The molecule has 2 amide bonds. The number of rotatable bonds is 2. The first-order valence-corrected chi connectivity index (χ1v) is 7.49. The zero-order chi connectivity index (χ0) is 13.4. The van der Waals surface area contributed by atoms with Crippen molar-refractivity contribution in [1.29, 1.82) is 0 Å². The number of nitrogens with two attached hydrogens (primary N) is 1. The zero-order valence-electron chi connectivity index (χ0n) is 11.6. The smallest absolute Gasteiger partial charge is 0.242 e. The predicted octanol–water partition coefficient (Wildman–Crippen LogP) is 0.709. The van der Waals surface area contributed by atoms with Gasteiger partial charge in [0.2, 0.25) is 11.8 Å². The molecule has 3 rings (SSSR count). The van der Waals surface area contributed by atoms with Crippen molar-refractivity contribution in [3.63, 3.8) is 0 Å². The normalized spacial score (nSPS) is 39.6. The molecule has 0 radical (unpaired) electrons. The number of hydrogen-bond donors (Lipinski definition) is 3. The number of nitrogens with one attached hydrogen (secondary N) is 2. The fourth-order valence-electron chi connectivity index (χ4n) is 4.10. The van der Waals surface area contributed by atoms with Crippen LogP contribution in [0.3, 0.4) is 0 Å². The van der Waals surface area contributed by atoms with E-state index in [1.165, 1.54) is 19.3 Å². The lowest BCUT2D eigenvalue weighted by Crippen LogP contribution is -2.56. The molecule has 1 aliphatic heterocycles. The lowest BCUT2D eigenvalue weighted by atomic mass is 9.67. The first kappa shape index (κ1) is 15.6. The van der Waals surface area contributed by atoms with Crippen LogP contribution in [0.1, 0.15) is 44.9 Å². The average molecular weight is 302 g/mol. The first-order valence-electron chi connectivity index (χ1n) is 7.49. The summed E-state index contributed by atoms with van der Waals surface area (Å²) in [5.41, 5.74) is 6.09. The van der Waals surface area contributed by atoms with Gasteiger partial charge in [-0.1, -0.05) is 6.42 Å². The summed E-state index contributed by atoms with van der Waals surface area (Å²) in [6, 6.07) is 0.261. The molecule has 114 valence electrons. The summed E-state index contributed by atoms with van der Waals surface area (Å²) in [7, 11) is 0. The highest BCUT2D eigenvalue weighted by Gasteiger charge is 2.41. The maximum atomic E-state index is 12.2. The highest BCUT2D eigenvalue weighted by atomic mass is 35.5. The molecule has 20 heavy (non-hydrogen) atoms. The Balaban J connectivity index is 0.00000147. The van der Waals surface area contributed by atoms with Crippen LogP contribution in [-0.2, 0) is 9.59 Å². The van der Waals surface area contributed by atoms with E-state index in [1.54, 1.807) is 0 Å². The molecule has 2 bridgehead atoms. The standard InChI is InChI=1S/C14H23N3O2.ClH/c15-10-6-8-2-1-3-9(7-10)13(8)17-14(19)11-4-5-12(18)16-11;/h8-11,13H,1-7,15H2,(H,16,18)(H,17,19);1H/t8?,9?,10?,11-,13?;/m0./s1. The number of halogens is 1. The van der Waals surface area contributed by atoms with Crippen molar-refractivity contribution in [3.8, 4) is 0 Å². The van der Waals surface area contributed by atoms with Gasteiger partial charge in [-0.25, -0.2) is 0 Å². The summed E-state index contributed by atoms with van der Waals surface area (Å²) in [5, 5.41) is 5.94. The minimum absolute atomic E-state index is 0. The van der Waals surface area contributed by atoms with E-state index in [2.05, 4.69) is 10.6 Å². The third kappa shape index (κ3) is 3.09. The number of fused-ring (bicyclic) bond motifs is 2. The van der Waals surface area contributed by atoms with Crippen LogP contribution in [0.4, 0.5) is 0 Å². The van der Waals surface area contributed by atoms with Gasteiger partial charge < -0.3 is 16.4 Å². The molecule has 0 aromatic carbocycles. The molecule has 1 heterocycles. The second-order valence-electron chi connectivity index (χ2n) is 6.38. The molecule has 2 unspecified atom stereocenters. The lowest BCUT2D eigenvalue weighted by molar-refractivity contribution is -0.127. The molecule has 0 aromatic heterocycles. The minimum atomic E-state index is -0.316. The number of hydrogen-bond acceptors (Lipinski definition) is 3. The van der Waals surface area contributed by atoms with E-state index >= 15 is 0 Å². The van der Waals surface area contributed by atoms with Crippen molar-refractivity contribution in [3.05, 3.63) is 0 Å². The number of carbonyl (C=O) groups is 2. The van der Waals surface area contributed by atoms with Gasteiger partial charge in [0.1, 0.15) is 6.04 Å². The summed E-state index contributed by atoms with van der Waals surface area (Å²) in [6.07, 6.45) is 6.76. The topological polar surface area (TPSA) is 84.2 Å². The van der Waals surface area contributed by atoms with Gasteiger partial charge in [0, 0.05) is 18.5 Å². The quantitative estimate of drug-likeness (QED) is 0.702. The number of amides is 2. The Labute approximate surface area is 125 Å². The van der Waals surface area contributed by atoms with E-state index in [0.29, 0.717) is 30.7 Å². The molecular formula is C14H24ClN3O2. The van der Waals surface area contributed by atoms with Crippen LogP contribution in [0.25, 0.3) is 0 Å². The van der Waals surface area contributed by atoms with Crippen LogP contribution in [0.15, 0.2) is 0 Å². The third-order valence-corrected chi connectivity index (χ3v) is 5.00. The van der Waals surface area contributed by atoms with E-state index < -0.39 is 0 Å². The largest absolute Gasteiger partial charge is 0.351 e. The van der Waals surface area contributed by atoms with Crippen LogP contribution in [0, 0.1) is 11.8 Å². The molecule has 3 aliphatic rings. The van der Waals surface area contributed by atoms with Gasteiger partial charge >= 0.3 is 0 Å². The highest BCUT2D eigenvalue weighted by molar-refractivity contribution is 5.90. The fraction of sp³-hybridized carbons (Fsp3) is 0.857. The zero-order valence-corrected chi connectivity index (χ0v) is 12.5. The third-order valence-electron chi connectivity index (χ3n) is 5.00. The van der Waals surface area contributed by atoms with E-state index in [0.717, 1.165) is 12.8 Å². The Kier molecular flexibility index (Phi) is 4.91. The fourth-order valence-corrected chi connectivity index (χ4v) is 4.10. The van der Waals surface area contributed by atoms with Gasteiger partial charge in [0.05, 0.1) is 0 Å². The monoisotopic (exact) mass is 301 g/mol. The Morgan fingerprint density at radius 1 is 1.20 bits per heavy atom. The van der Waals surface area contributed by atoms with Crippen LogP contribution in [0.2, 0.25) is 0 Å². The van der Waals surface area contributed by atoms with Gasteiger partial charge in [-0.05, 0) is 43.9 Å². The second kappa shape index (κ2) is 6.31. The van der Waals surface area contributed by atoms with E-state index in [-0.39, 0.29) is 36.3 Å². The molecule has 0 spiro atoms. The molecule has 4 N–H and O–H groups in total. The predicted molar refractivity (Wildman–Crippen MR) is 78.4 cm³/mol. The molecule has 1 saturated heterocycles. The second-order valence-corrected chi connectivity index (χ2v) is 6.38. The van der Waals surface area contributed by atoms with Gasteiger partial charge in [-0.3, -0.25) is 9.59 Å². The van der Waals surface area contributed by atoms with Crippen LogP contribution in [-0.4, -0.2) is 29.9 Å². The summed E-state index contributed by atoms with van der Waals surface area (Å²) >= 11 is 0. The van der Waals surface area contributed by atoms with Crippen molar-refractivity contribution in [2.24, 2.45) is 17.6 Å². The molecule has 3 atom stereocenters. The molecular weight excluding hydrogens is 278 g/mol. The van der Waals surface area contributed by atoms with Gasteiger partial charge in [-0.2, -0.15) is 0 Å². The molecule has 0 aromatic rings. The van der Waals surface area contributed by atoms with Crippen molar-refractivity contribution in [1.82, 2.24) is 10.6 Å². The van der Waals surface area contributed by atoms with Gasteiger partial charge in [0.25, 0.3) is 0 Å². The molecule has 5 nitrogen and oxygen atoms in total. The molecule has 2 aliphatic carbocycles. The Bertz CT molecular complexity index is 377.